The Balaban J connectivity index is 1.89. The normalized spacial score (nSPS) is 15.4. The fraction of sp³-hybridized carbons (Fsp3) is 0.217. The molecule has 1 amide bonds. The number of carbonyl (C=O) groups is 2. The van der Waals surface area contributed by atoms with Crippen molar-refractivity contribution < 1.29 is 23.8 Å². The third-order valence-corrected chi connectivity index (χ3v) is 5.12. The van der Waals surface area contributed by atoms with Gasteiger partial charge < -0.3 is 19.5 Å². The predicted molar refractivity (Wildman–Crippen MR) is 110 cm³/mol. The zero-order chi connectivity index (χ0) is 20.5. The lowest BCUT2D eigenvalue weighted by molar-refractivity contribution is -0.132. The van der Waals surface area contributed by atoms with E-state index in [-0.39, 0.29) is 17.6 Å². The summed E-state index contributed by atoms with van der Waals surface area (Å²) in [6.07, 6.45) is 0.296. The summed E-state index contributed by atoms with van der Waals surface area (Å²) >= 11 is 0. The largest absolute Gasteiger partial charge is 0.493 e. The molecule has 29 heavy (non-hydrogen) atoms. The summed E-state index contributed by atoms with van der Waals surface area (Å²) in [5.74, 6) is 0.276. The number of hydrogen-bond donors (Lipinski definition) is 1. The minimum Gasteiger partial charge on any atom is -0.493 e. The lowest BCUT2D eigenvalue weighted by atomic mass is 9.83. The van der Waals surface area contributed by atoms with Crippen molar-refractivity contribution in [1.82, 2.24) is 0 Å². The van der Waals surface area contributed by atoms with Gasteiger partial charge in [-0.1, -0.05) is 36.4 Å². The molecule has 1 unspecified atom stereocenters. The highest BCUT2D eigenvalue weighted by molar-refractivity contribution is 6.06. The Hall–Kier alpha value is -3.54. The van der Waals surface area contributed by atoms with Gasteiger partial charge in [0.15, 0.2) is 11.5 Å². The Kier molecular flexibility index (Phi) is 4.84. The summed E-state index contributed by atoms with van der Waals surface area (Å²) in [5, 5.41) is 5.09. The average molecular weight is 391 g/mol. The fourth-order valence-corrected chi connectivity index (χ4v) is 3.85. The fourth-order valence-electron chi connectivity index (χ4n) is 3.85. The van der Waals surface area contributed by atoms with E-state index < -0.39 is 5.97 Å². The average Bonchev–Trinajstić information content (AvgIpc) is 2.72. The number of rotatable bonds is 4. The van der Waals surface area contributed by atoms with E-state index in [1.54, 1.807) is 12.1 Å². The molecule has 0 radical (unpaired) electrons. The summed E-state index contributed by atoms with van der Waals surface area (Å²) in [6.45, 7) is 1.32. The van der Waals surface area contributed by atoms with Crippen LogP contribution in [0.15, 0.2) is 48.5 Å². The van der Waals surface area contributed by atoms with Crippen LogP contribution in [0.2, 0.25) is 0 Å². The van der Waals surface area contributed by atoms with Crippen LogP contribution in [-0.2, 0) is 9.59 Å². The topological polar surface area (TPSA) is 73.9 Å². The molecule has 1 aliphatic rings. The van der Waals surface area contributed by atoms with E-state index in [1.165, 1.54) is 21.1 Å². The molecule has 0 fully saturated rings. The molecule has 0 spiro atoms. The lowest BCUT2D eigenvalue weighted by Crippen LogP contribution is -2.23. The zero-order valence-electron chi connectivity index (χ0n) is 16.4. The Bertz CT molecular complexity index is 1100. The third kappa shape index (κ3) is 3.38. The van der Waals surface area contributed by atoms with Crippen LogP contribution in [0.25, 0.3) is 10.8 Å². The van der Waals surface area contributed by atoms with E-state index in [9.17, 15) is 9.59 Å². The number of carbonyl (C=O) groups excluding carboxylic acids is 2. The zero-order valence-corrected chi connectivity index (χ0v) is 16.4. The highest BCUT2D eigenvalue weighted by Gasteiger charge is 2.30. The monoisotopic (exact) mass is 391 g/mol. The van der Waals surface area contributed by atoms with Crippen molar-refractivity contribution in [1.29, 1.82) is 0 Å². The van der Waals surface area contributed by atoms with Gasteiger partial charge in [0, 0.05) is 24.6 Å². The van der Waals surface area contributed by atoms with Crippen molar-refractivity contribution in [3.63, 3.8) is 0 Å². The van der Waals surface area contributed by atoms with Crippen LogP contribution in [0.5, 0.6) is 17.2 Å². The van der Waals surface area contributed by atoms with Crippen LogP contribution < -0.4 is 19.5 Å². The molecule has 4 rings (SSSR count). The lowest BCUT2D eigenvalue weighted by Gasteiger charge is -2.28. The molecule has 1 N–H and O–H groups in total. The number of nitrogens with one attached hydrogen (secondary N) is 1. The van der Waals surface area contributed by atoms with Crippen LogP contribution in [0, 0.1) is 0 Å². The maximum absolute atomic E-state index is 12.5. The molecule has 3 aromatic carbocycles. The van der Waals surface area contributed by atoms with Gasteiger partial charge in [-0.2, -0.15) is 0 Å². The summed E-state index contributed by atoms with van der Waals surface area (Å²) < 4.78 is 16.2. The van der Waals surface area contributed by atoms with Gasteiger partial charge in [-0.15, -0.1) is 0 Å². The summed E-state index contributed by atoms with van der Waals surface area (Å²) in [7, 11) is 3.00. The second kappa shape index (κ2) is 7.47. The molecule has 1 heterocycles. The van der Waals surface area contributed by atoms with Crippen LogP contribution in [-0.4, -0.2) is 26.1 Å². The van der Waals surface area contributed by atoms with Crippen LogP contribution >= 0.6 is 0 Å². The first-order valence-corrected chi connectivity index (χ1v) is 9.27. The predicted octanol–water partition coefficient (Wildman–Crippen LogP) is 4.26. The van der Waals surface area contributed by atoms with E-state index in [0.29, 0.717) is 17.9 Å². The van der Waals surface area contributed by atoms with Crippen LogP contribution in [0.3, 0.4) is 0 Å². The Morgan fingerprint density at radius 3 is 2.38 bits per heavy atom. The van der Waals surface area contributed by atoms with Crippen molar-refractivity contribution >= 4 is 28.3 Å². The third-order valence-electron chi connectivity index (χ3n) is 5.12. The number of fused-ring (bicyclic) bond motifs is 3. The van der Waals surface area contributed by atoms with Crippen molar-refractivity contribution in [3.05, 3.63) is 59.7 Å². The maximum Gasteiger partial charge on any atom is 0.308 e. The SMILES string of the molecule is COc1cc(C2CC(=O)Nc3c2ccc2ccccc32)cc(OC)c1OC(C)=O. The number of benzene rings is 3. The molecular formula is C23H21NO5. The molecule has 0 aromatic heterocycles. The second-order valence-corrected chi connectivity index (χ2v) is 6.90. The Morgan fingerprint density at radius 2 is 1.72 bits per heavy atom. The smallest absolute Gasteiger partial charge is 0.308 e. The van der Waals surface area contributed by atoms with Crippen molar-refractivity contribution in [2.45, 2.75) is 19.3 Å². The van der Waals surface area contributed by atoms with Crippen LogP contribution in [0.4, 0.5) is 5.69 Å². The van der Waals surface area contributed by atoms with Gasteiger partial charge in [0.25, 0.3) is 0 Å². The van der Waals surface area contributed by atoms with Gasteiger partial charge >= 0.3 is 5.97 Å². The van der Waals surface area contributed by atoms with Gasteiger partial charge in [-0.05, 0) is 28.6 Å². The Labute approximate surface area is 168 Å². The number of esters is 1. The number of amides is 1. The molecule has 148 valence electrons. The van der Waals surface area contributed by atoms with Crippen molar-refractivity contribution in [2.75, 3.05) is 19.5 Å². The molecule has 3 aromatic rings. The standard InChI is InChI=1S/C23H21NO5/c1-13(25)29-23-19(27-2)10-15(11-20(23)28-3)18-12-21(26)24-22-16-7-5-4-6-14(16)8-9-17(18)22/h4-11,18H,12H2,1-3H3,(H,24,26). The van der Waals surface area contributed by atoms with E-state index in [4.69, 9.17) is 14.2 Å². The first kappa shape index (κ1) is 18.8. The minimum absolute atomic E-state index is 0.0548. The summed E-state index contributed by atoms with van der Waals surface area (Å²) in [4.78, 5) is 24.0. The highest BCUT2D eigenvalue weighted by Crippen LogP contribution is 2.46. The van der Waals surface area contributed by atoms with E-state index in [2.05, 4.69) is 11.4 Å². The van der Waals surface area contributed by atoms with Crippen molar-refractivity contribution in [3.8, 4) is 17.2 Å². The van der Waals surface area contributed by atoms with E-state index >= 15 is 0 Å². The molecular weight excluding hydrogens is 370 g/mol. The highest BCUT2D eigenvalue weighted by atomic mass is 16.6. The van der Waals surface area contributed by atoms with Gasteiger partial charge in [-0.3, -0.25) is 9.59 Å². The molecule has 1 aliphatic heterocycles. The number of ether oxygens (including phenoxy) is 3. The molecule has 0 saturated carbocycles. The Morgan fingerprint density at radius 1 is 1.03 bits per heavy atom. The molecule has 0 bridgehead atoms. The number of methoxy groups -OCH3 is 2. The second-order valence-electron chi connectivity index (χ2n) is 6.90. The molecule has 0 aliphatic carbocycles. The van der Waals surface area contributed by atoms with Crippen LogP contribution in [0.1, 0.15) is 30.4 Å². The quantitative estimate of drug-likeness (QED) is 0.531. The first-order valence-electron chi connectivity index (χ1n) is 9.27. The van der Waals surface area contributed by atoms with Gasteiger partial charge in [0.05, 0.1) is 19.9 Å². The summed E-state index contributed by atoms with van der Waals surface area (Å²) in [5.41, 5.74) is 2.69. The summed E-state index contributed by atoms with van der Waals surface area (Å²) in [6, 6.07) is 15.6. The number of hydrogen-bond acceptors (Lipinski definition) is 5. The molecule has 1 atom stereocenters. The van der Waals surface area contributed by atoms with E-state index in [0.717, 1.165) is 27.6 Å². The van der Waals surface area contributed by atoms with Gasteiger partial charge in [0.1, 0.15) is 0 Å². The van der Waals surface area contributed by atoms with Gasteiger partial charge in [-0.25, -0.2) is 0 Å². The van der Waals surface area contributed by atoms with E-state index in [1.807, 2.05) is 30.3 Å². The first-order chi connectivity index (χ1) is 14.0. The van der Waals surface area contributed by atoms with Gasteiger partial charge in [0.2, 0.25) is 11.7 Å². The van der Waals surface area contributed by atoms with Crippen molar-refractivity contribution in [2.24, 2.45) is 0 Å². The minimum atomic E-state index is -0.469. The maximum atomic E-state index is 12.5. The molecule has 6 heteroatoms. The molecule has 6 nitrogen and oxygen atoms in total. The number of anilines is 1. The molecule has 0 saturated heterocycles.